The monoisotopic (exact) mass is 192 g/mol. The Balaban J connectivity index is 1.98. The zero-order chi connectivity index (χ0) is 10.3. The zero-order valence-corrected chi connectivity index (χ0v) is 8.91. The maximum atomic E-state index is 11.6. The van der Waals surface area contributed by atoms with Crippen molar-refractivity contribution in [2.75, 3.05) is 0 Å². The summed E-state index contributed by atoms with van der Waals surface area (Å²) in [6, 6.07) is 0. The van der Waals surface area contributed by atoms with Gasteiger partial charge in [-0.05, 0) is 51.2 Å². The van der Waals surface area contributed by atoms with E-state index in [-0.39, 0.29) is 5.97 Å². The number of ether oxygens (including phenoxy) is 1. The number of fused-ring (bicyclic) bond motifs is 1. The lowest BCUT2D eigenvalue weighted by Gasteiger charge is -2.17. The highest BCUT2D eigenvalue weighted by atomic mass is 16.5. The van der Waals surface area contributed by atoms with Crippen LogP contribution in [-0.4, -0.2) is 5.97 Å². The van der Waals surface area contributed by atoms with Crippen LogP contribution in [0.15, 0.2) is 24.0 Å². The van der Waals surface area contributed by atoms with E-state index in [0.29, 0.717) is 11.8 Å². The summed E-state index contributed by atoms with van der Waals surface area (Å²) in [5.41, 5.74) is -0.422. The average molecular weight is 192 g/mol. The number of carbonyl (C=O) groups excluding carboxylic acids is 1. The van der Waals surface area contributed by atoms with Gasteiger partial charge in [-0.25, -0.2) is 0 Å². The predicted molar refractivity (Wildman–Crippen MR) is 54.4 cm³/mol. The highest BCUT2D eigenvalue weighted by Crippen LogP contribution is 2.44. The maximum absolute atomic E-state index is 11.6. The van der Waals surface area contributed by atoms with Crippen LogP contribution in [0.2, 0.25) is 0 Å². The Morgan fingerprint density at radius 1 is 1.43 bits per heavy atom. The minimum Gasteiger partial charge on any atom is -0.426 e. The molecule has 0 aromatic rings. The van der Waals surface area contributed by atoms with Crippen molar-refractivity contribution < 1.29 is 9.53 Å². The van der Waals surface area contributed by atoms with Gasteiger partial charge in [0.15, 0.2) is 0 Å². The van der Waals surface area contributed by atoms with Gasteiger partial charge in [0.2, 0.25) is 0 Å². The van der Waals surface area contributed by atoms with Gasteiger partial charge >= 0.3 is 5.97 Å². The second-order valence-electron chi connectivity index (χ2n) is 5.13. The van der Waals surface area contributed by atoms with Crippen LogP contribution in [0.5, 0.6) is 0 Å². The van der Waals surface area contributed by atoms with Crippen molar-refractivity contribution in [2.45, 2.75) is 27.2 Å². The van der Waals surface area contributed by atoms with Crippen molar-refractivity contribution in [1.82, 2.24) is 0 Å². The first-order valence-corrected chi connectivity index (χ1v) is 5.09. The van der Waals surface area contributed by atoms with E-state index in [1.807, 2.05) is 26.8 Å². The molecule has 0 amide bonds. The lowest BCUT2D eigenvalue weighted by molar-refractivity contribution is -0.148. The Morgan fingerprint density at radius 2 is 2.14 bits per heavy atom. The first-order chi connectivity index (χ1) is 6.47. The molecule has 0 heterocycles. The van der Waals surface area contributed by atoms with E-state index >= 15 is 0 Å². The number of hydrogen-bond acceptors (Lipinski definition) is 2. The molecule has 1 saturated carbocycles. The van der Waals surface area contributed by atoms with Gasteiger partial charge in [-0.15, -0.1) is 0 Å². The van der Waals surface area contributed by atoms with Crippen LogP contribution in [0.4, 0.5) is 0 Å². The Labute approximate surface area is 84.6 Å². The van der Waals surface area contributed by atoms with Crippen molar-refractivity contribution in [2.24, 2.45) is 17.3 Å². The van der Waals surface area contributed by atoms with Crippen molar-refractivity contribution in [3.05, 3.63) is 24.0 Å². The summed E-state index contributed by atoms with van der Waals surface area (Å²) in [5.74, 6) is 1.91. The standard InChI is InChI=1S/C12H16O2/c1-12(2,3)11(13)14-10-5-4-8-6-9(8)7-10/h4-5,7-9H,6H2,1-3H3. The quantitative estimate of drug-likeness (QED) is 0.597. The molecule has 0 saturated heterocycles. The number of esters is 1. The van der Waals surface area contributed by atoms with Gasteiger partial charge in [-0.2, -0.15) is 0 Å². The zero-order valence-electron chi connectivity index (χ0n) is 8.91. The van der Waals surface area contributed by atoms with Gasteiger partial charge in [0.1, 0.15) is 5.76 Å². The average Bonchev–Trinajstić information content (AvgIpc) is 2.80. The lowest BCUT2D eigenvalue weighted by Crippen LogP contribution is -2.22. The summed E-state index contributed by atoms with van der Waals surface area (Å²) < 4.78 is 5.29. The highest BCUT2D eigenvalue weighted by Gasteiger charge is 2.36. The molecule has 2 aliphatic rings. The molecule has 2 rings (SSSR count). The van der Waals surface area contributed by atoms with E-state index in [9.17, 15) is 4.79 Å². The van der Waals surface area contributed by atoms with Crippen molar-refractivity contribution >= 4 is 5.97 Å². The van der Waals surface area contributed by atoms with Crippen molar-refractivity contribution in [3.63, 3.8) is 0 Å². The second-order valence-corrected chi connectivity index (χ2v) is 5.13. The topological polar surface area (TPSA) is 26.3 Å². The van der Waals surface area contributed by atoms with E-state index in [1.165, 1.54) is 6.42 Å². The Morgan fingerprint density at radius 3 is 2.71 bits per heavy atom. The molecular weight excluding hydrogens is 176 g/mol. The van der Waals surface area contributed by atoms with Crippen LogP contribution >= 0.6 is 0 Å². The van der Waals surface area contributed by atoms with Gasteiger partial charge in [-0.1, -0.05) is 6.08 Å². The molecule has 0 aliphatic heterocycles. The summed E-state index contributed by atoms with van der Waals surface area (Å²) in [6.07, 6.45) is 7.33. The van der Waals surface area contributed by atoms with Gasteiger partial charge in [0.25, 0.3) is 0 Å². The second kappa shape index (κ2) is 2.97. The van der Waals surface area contributed by atoms with E-state index < -0.39 is 5.41 Å². The van der Waals surface area contributed by atoms with E-state index in [0.717, 1.165) is 5.76 Å². The molecule has 1 fully saturated rings. The number of rotatable bonds is 1. The van der Waals surface area contributed by atoms with E-state index in [2.05, 4.69) is 12.2 Å². The summed E-state index contributed by atoms with van der Waals surface area (Å²) in [6.45, 7) is 5.59. The SMILES string of the molecule is CC(C)(C)C(=O)OC1=CC2CC2C=C1. The van der Waals surface area contributed by atoms with Crippen molar-refractivity contribution in [3.8, 4) is 0 Å². The van der Waals surface area contributed by atoms with Gasteiger partial charge in [0.05, 0.1) is 5.41 Å². The summed E-state index contributed by atoms with van der Waals surface area (Å²) >= 11 is 0. The summed E-state index contributed by atoms with van der Waals surface area (Å²) in [5, 5.41) is 0. The van der Waals surface area contributed by atoms with E-state index in [4.69, 9.17) is 4.74 Å². The van der Waals surface area contributed by atoms with Crippen LogP contribution in [0.3, 0.4) is 0 Å². The summed E-state index contributed by atoms with van der Waals surface area (Å²) in [4.78, 5) is 11.6. The lowest BCUT2D eigenvalue weighted by atomic mass is 9.97. The minimum atomic E-state index is -0.422. The van der Waals surface area contributed by atoms with E-state index in [1.54, 1.807) is 0 Å². The molecule has 2 atom stereocenters. The predicted octanol–water partition coefficient (Wildman–Crippen LogP) is 2.67. The fourth-order valence-electron chi connectivity index (χ4n) is 1.46. The van der Waals surface area contributed by atoms with Crippen molar-refractivity contribution in [1.29, 1.82) is 0 Å². The number of allylic oxidation sites excluding steroid dienone is 3. The number of carbonyl (C=O) groups is 1. The Kier molecular flexibility index (Phi) is 2.02. The number of hydrogen-bond donors (Lipinski definition) is 0. The third kappa shape index (κ3) is 1.89. The maximum Gasteiger partial charge on any atom is 0.316 e. The largest absolute Gasteiger partial charge is 0.426 e. The first kappa shape index (κ1) is 9.50. The fraction of sp³-hybridized carbons (Fsp3) is 0.583. The van der Waals surface area contributed by atoms with Gasteiger partial charge in [0, 0.05) is 0 Å². The fourth-order valence-corrected chi connectivity index (χ4v) is 1.46. The molecule has 0 aromatic heterocycles. The van der Waals surface area contributed by atoms with Crippen LogP contribution in [0.1, 0.15) is 27.2 Å². The van der Waals surface area contributed by atoms with Crippen LogP contribution in [0.25, 0.3) is 0 Å². The molecule has 0 N–H and O–H groups in total. The third-order valence-corrected chi connectivity index (χ3v) is 2.60. The molecule has 0 radical (unpaired) electrons. The Bertz CT molecular complexity index is 318. The van der Waals surface area contributed by atoms with Crippen LogP contribution in [-0.2, 0) is 9.53 Å². The molecule has 0 bridgehead atoms. The molecule has 0 spiro atoms. The normalized spacial score (nSPS) is 29.2. The third-order valence-electron chi connectivity index (χ3n) is 2.60. The van der Waals surface area contributed by atoms with Gasteiger partial charge in [-0.3, -0.25) is 4.79 Å². The first-order valence-electron chi connectivity index (χ1n) is 5.09. The molecule has 76 valence electrons. The van der Waals surface area contributed by atoms with Gasteiger partial charge < -0.3 is 4.74 Å². The minimum absolute atomic E-state index is 0.160. The molecule has 0 aromatic carbocycles. The molecule has 14 heavy (non-hydrogen) atoms. The Hall–Kier alpha value is -1.05. The molecule has 2 heteroatoms. The smallest absolute Gasteiger partial charge is 0.316 e. The molecule has 2 nitrogen and oxygen atoms in total. The summed E-state index contributed by atoms with van der Waals surface area (Å²) in [7, 11) is 0. The molecular formula is C12H16O2. The van der Waals surface area contributed by atoms with Crippen LogP contribution < -0.4 is 0 Å². The highest BCUT2D eigenvalue weighted by molar-refractivity contribution is 5.76. The van der Waals surface area contributed by atoms with Crippen LogP contribution in [0, 0.1) is 17.3 Å². The molecule has 2 unspecified atom stereocenters. The molecule has 2 aliphatic carbocycles.